The lowest BCUT2D eigenvalue weighted by Crippen LogP contribution is -2.49. The van der Waals surface area contributed by atoms with Crippen LogP contribution in [-0.2, 0) is 0 Å². The van der Waals surface area contributed by atoms with Crippen LogP contribution in [0, 0.1) is 5.92 Å². The van der Waals surface area contributed by atoms with E-state index in [1.54, 1.807) is 0 Å². The standard InChI is InChI=1S/C21H45N5/c1-8-22-21(23-12-9-13-26(18(4)5)19(6)7)24-20-10-14-25(15-11-20)16-17(2)3/h17-20H,8-16H2,1-7H3,(H2,22,23,24). The molecule has 26 heavy (non-hydrogen) atoms. The molecule has 0 spiro atoms. The molecule has 5 heteroatoms. The lowest BCUT2D eigenvalue weighted by atomic mass is 10.0. The van der Waals surface area contributed by atoms with E-state index >= 15 is 0 Å². The van der Waals surface area contributed by atoms with Crippen LogP contribution in [0.5, 0.6) is 0 Å². The van der Waals surface area contributed by atoms with E-state index in [0.717, 1.165) is 37.9 Å². The minimum absolute atomic E-state index is 0.555. The molecule has 0 aliphatic carbocycles. The van der Waals surface area contributed by atoms with Gasteiger partial charge in [-0.1, -0.05) is 13.8 Å². The Balaban J connectivity index is 2.39. The van der Waals surface area contributed by atoms with E-state index in [9.17, 15) is 0 Å². The highest BCUT2D eigenvalue weighted by Gasteiger charge is 2.20. The average molecular weight is 368 g/mol. The number of nitrogens with zero attached hydrogens (tertiary/aromatic N) is 3. The van der Waals surface area contributed by atoms with Crippen molar-refractivity contribution < 1.29 is 0 Å². The number of rotatable bonds is 10. The normalized spacial score (nSPS) is 17.7. The Morgan fingerprint density at radius 1 is 1.08 bits per heavy atom. The highest BCUT2D eigenvalue weighted by molar-refractivity contribution is 5.80. The van der Waals surface area contributed by atoms with Gasteiger partial charge < -0.3 is 15.5 Å². The maximum absolute atomic E-state index is 4.82. The largest absolute Gasteiger partial charge is 0.357 e. The molecule has 0 aromatic heterocycles. The lowest BCUT2D eigenvalue weighted by molar-refractivity contribution is 0.174. The Morgan fingerprint density at radius 3 is 2.19 bits per heavy atom. The SMILES string of the molecule is CCNC(=NCCCN(C(C)C)C(C)C)NC1CCN(CC(C)C)CC1. The first-order valence-corrected chi connectivity index (χ1v) is 10.9. The van der Waals surface area contributed by atoms with Crippen LogP contribution in [0.1, 0.15) is 67.7 Å². The number of piperidine rings is 1. The molecule has 2 N–H and O–H groups in total. The Kier molecular flexibility index (Phi) is 11.2. The van der Waals surface area contributed by atoms with Crippen molar-refractivity contribution in [1.29, 1.82) is 0 Å². The Hall–Kier alpha value is -0.810. The molecular weight excluding hydrogens is 322 g/mol. The van der Waals surface area contributed by atoms with Crippen molar-refractivity contribution in [3.05, 3.63) is 0 Å². The molecule has 1 heterocycles. The maximum atomic E-state index is 4.82. The van der Waals surface area contributed by atoms with Gasteiger partial charge in [-0.25, -0.2) is 0 Å². The molecule has 0 bridgehead atoms. The quantitative estimate of drug-likeness (QED) is 0.354. The number of hydrogen-bond acceptors (Lipinski definition) is 3. The van der Waals surface area contributed by atoms with Crippen LogP contribution in [-0.4, -0.2) is 73.2 Å². The molecule has 0 saturated carbocycles. The van der Waals surface area contributed by atoms with Crippen LogP contribution in [0.4, 0.5) is 0 Å². The molecule has 5 nitrogen and oxygen atoms in total. The fourth-order valence-corrected chi connectivity index (χ4v) is 3.85. The van der Waals surface area contributed by atoms with Crippen LogP contribution >= 0.6 is 0 Å². The molecule has 1 aliphatic heterocycles. The monoisotopic (exact) mass is 367 g/mol. The zero-order valence-corrected chi connectivity index (χ0v) is 18.5. The molecule has 0 atom stereocenters. The van der Waals surface area contributed by atoms with E-state index < -0.39 is 0 Å². The molecule has 0 aromatic rings. The maximum Gasteiger partial charge on any atom is 0.191 e. The summed E-state index contributed by atoms with van der Waals surface area (Å²) in [6.07, 6.45) is 3.54. The molecule has 0 amide bonds. The van der Waals surface area contributed by atoms with E-state index in [-0.39, 0.29) is 0 Å². The molecule has 1 saturated heterocycles. The zero-order chi connectivity index (χ0) is 19.5. The van der Waals surface area contributed by atoms with Crippen molar-refractivity contribution >= 4 is 5.96 Å². The van der Waals surface area contributed by atoms with Crippen LogP contribution in [0.25, 0.3) is 0 Å². The van der Waals surface area contributed by atoms with Gasteiger partial charge in [-0.15, -0.1) is 0 Å². The summed E-state index contributed by atoms with van der Waals surface area (Å²) < 4.78 is 0. The number of guanidine groups is 1. The molecule has 0 unspecified atom stereocenters. The van der Waals surface area contributed by atoms with Gasteiger partial charge in [0.15, 0.2) is 5.96 Å². The Bertz CT molecular complexity index is 376. The first kappa shape index (κ1) is 23.2. The Morgan fingerprint density at radius 2 is 1.69 bits per heavy atom. The van der Waals surface area contributed by atoms with Crippen molar-refractivity contribution in [2.75, 3.05) is 39.3 Å². The van der Waals surface area contributed by atoms with Crippen LogP contribution < -0.4 is 10.6 Å². The second-order valence-electron chi connectivity index (χ2n) is 8.65. The van der Waals surface area contributed by atoms with Crippen molar-refractivity contribution in [2.45, 2.75) is 85.9 Å². The van der Waals surface area contributed by atoms with E-state index in [0.29, 0.717) is 18.1 Å². The fraction of sp³-hybridized carbons (Fsp3) is 0.952. The van der Waals surface area contributed by atoms with Gasteiger partial charge in [0.25, 0.3) is 0 Å². The van der Waals surface area contributed by atoms with E-state index in [1.807, 2.05) is 0 Å². The van der Waals surface area contributed by atoms with E-state index in [4.69, 9.17) is 4.99 Å². The molecule has 0 aromatic carbocycles. The van der Waals surface area contributed by atoms with Gasteiger partial charge in [-0.05, 0) is 59.8 Å². The minimum atomic E-state index is 0.555. The third-order valence-corrected chi connectivity index (χ3v) is 5.07. The summed E-state index contributed by atoms with van der Waals surface area (Å²) in [5.74, 6) is 1.75. The lowest BCUT2D eigenvalue weighted by Gasteiger charge is -2.34. The number of nitrogens with one attached hydrogen (secondary N) is 2. The van der Waals surface area contributed by atoms with Crippen molar-refractivity contribution in [1.82, 2.24) is 20.4 Å². The average Bonchev–Trinajstić information content (AvgIpc) is 2.55. The van der Waals surface area contributed by atoms with Gasteiger partial charge in [0, 0.05) is 57.4 Å². The van der Waals surface area contributed by atoms with E-state index in [1.165, 1.54) is 32.5 Å². The van der Waals surface area contributed by atoms with Gasteiger partial charge in [-0.2, -0.15) is 0 Å². The van der Waals surface area contributed by atoms with Gasteiger partial charge in [0.05, 0.1) is 0 Å². The molecule has 0 radical (unpaired) electrons. The van der Waals surface area contributed by atoms with Crippen molar-refractivity contribution in [2.24, 2.45) is 10.9 Å². The van der Waals surface area contributed by atoms with Crippen molar-refractivity contribution in [3.8, 4) is 0 Å². The third-order valence-electron chi connectivity index (χ3n) is 5.07. The second kappa shape index (κ2) is 12.6. The highest BCUT2D eigenvalue weighted by Crippen LogP contribution is 2.12. The number of hydrogen-bond donors (Lipinski definition) is 2. The number of likely N-dealkylation sites (tertiary alicyclic amines) is 1. The summed E-state index contributed by atoms with van der Waals surface area (Å²) in [6.45, 7) is 22.4. The van der Waals surface area contributed by atoms with Crippen LogP contribution in [0.2, 0.25) is 0 Å². The molecule has 1 aliphatic rings. The predicted octanol–water partition coefficient (Wildman–Crippen LogP) is 3.17. The zero-order valence-electron chi connectivity index (χ0n) is 18.5. The molecule has 1 rings (SSSR count). The van der Waals surface area contributed by atoms with Crippen LogP contribution in [0.3, 0.4) is 0 Å². The Labute approximate surface area is 163 Å². The molecule has 154 valence electrons. The summed E-state index contributed by atoms with van der Waals surface area (Å²) in [5.41, 5.74) is 0. The molecule has 1 fully saturated rings. The van der Waals surface area contributed by atoms with Crippen molar-refractivity contribution in [3.63, 3.8) is 0 Å². The summed E-state index contributed by atoms with van der Waals surface area (Å²) in [7, 11) is 0. The first-order valence-electron chi connectivity index (χ1n) is 10.9. The third kappa shape index (κ3) is 9.22. The van der Waals surface area contributed by atoms with E-state index in [2.05, 4.69) is 68.9 Å². The fourth-order valence-electron chi connectivity index (χ4n) is 3.85. The first-order chi connectivity index (χ1) is 12.3. The summed E-state index contributed by atoms with van der Waals surface area (Å²) in [5, 5.41) is 7.08. The summed E-state index contributed by atoms with van der Waals surface area (Å²) in [4.78, 5) is 9.96. The summed E-state index contributed by atoms with van der Waals surface area (Å²) >= 11 is 0. The second-order valence-corrected chi connectivity index (χ2v) is 8.65. The van der Waals surface area contributed by atoms with Gasteiger partial charge in [0.1, 0.15) is 0 Å². The smallest absolute Gasteiger partial charge is 0.191 e. The minimum Gasteiger partial charge on any atom is -0.357 e. The topological polar surface area (TPSA) is 42.9 Å². The van der Waals surface area contributed by atoms with Gasteiger partial charge >= 0.3 is 0 Å². The highest BCUT2D eigenvalue weighted by atomic mass is 15.2. The van der Waals surface area contributed by atoms with Gasteiger partial charge in [0.2, 0.25) is 0 Å². The van der Waals surface area contributed by atoms with Gasteiger partial charge in [-0.3, -0.25) is 9.89 Å². The van der Waals surface area contributed by atoms with Crippen LogP contribution in [0.15, 0.2) is 4.99 Å². The predicted molar refractivity (Wildman–Crippen MR) is 115 cm³/mol. The number of aliphatic imine (C=N–C) groups is 1. The summed E-state index contributed by atoms with van der Waals surface area (Å²) in [6, 6.07) is 1.75. The molecular formula is C21H45N5.